The molecule has 2 rings (SSSR count). The fourth-order valence-corrected chi connectivity index (χ4v) is 2.07. The summed E-state index contributed by atoms with van der Waals surface area (Å²) < 4.78 is 5.74. The van der Waals surface area contributed by atoms with Crippen LogP contribution in [0.2, 0.25) is 0 Å². The molecule has 0 amide bonds. The van der Waals surface area contributed by atoms with Crippen LogP contribution in [0.5, 0.6) is 5.75 Å². The van der Waals surface area contributed by atoms with Gasteiger partial charge in [-0.15, -0.1) is 0 Å². The zero-order chi connectivity index (χ0) is 14.2. The van der Waals surface area contributed by atoms with E-state index in [0.29, 0.717) is 6.61 Å². The van der Waals surface area contributed by atoms with E-state index in [1.807, 2.05) is 61.5 Å². The number of likely N-dealkylation sites (N-methyl/N-ethyl adjacent to an activating group) is 1. The second kappa shape index (κ2) is 7.68. The molecule has 0 bridgehead atoms. The molecule has 0 fully saturated rings. The summed E-state index contributed by atoms with van der Waals surface area (Å²) in [5.74, 6) is 0.839. The van der Waals surface area contributed by atoms with Gasteiger partial charge in [0.05, 0.1) is 12.6 Å². The number of hydrogen-bond acceptors (Lipinski definition) is 3. The first-order chi connectivity index (χ1) is 9.83. The summed E-state index contributed by atoms with van der Waals surface area (Å²) >= 11 is 0. The van der Waals surface area contributed by atoms with E-state index < -0.39 is 0 Å². The van der Waals surface area contributed by atoms with Crippen LogP contribution < -0.4 is 10.1 Å². The summed E-state index contributed by atoms with van der Waals surface area (Å²) in [5, 5.41) is 12.6. The Morgan fingerprint density at radius 2 is 1.75 bits per heavy atom. The molecule has 0 radical (unpaired) electrons. The van der Waals surface area contributed by atoms with E-state index in [9.17, 15) is 5.11 Å². The minimum absolute atomic E-state index is 0.0110. The van der Waals surface area contributed by atoms with Crippen molar-refractivity contribution in [2.45, 2.75) is 19.6 Å². The van der Waals surface area contributed by atoms with Gasteiger partial charge in [0, 0.05) is 0 Å². The van der Waals surface area contributed by atoms with Crippen LogP contribution in [0.1, 0.15) is 24.1 Å². The third kappa shape index (κ3) is 4.08. The molecule has 2 aromatic rings. The second-order valence-electron chi connectivity index (χ2n) is 4.64. The molecule has 106 valence electrons. The van der Waals surface area contributed by atoms with Crippen molar-refractivity contribution in [3.8, 4) is 5.75 Å². The van der Waals surface area contributed by atoms with Gasteiger partial charge in [-0.25, -0.2) is 0 Å². The predicted octanol–water partition coefficient (Wildman–Crippen LogP) is 2.91. The van der Waals surface area contributed by atoms with Gasteiger partial charge < -0.3 is 15.2 Å². The van der Waals surface area contributed by atoms with Gasteiger partial charge in [0.15, 0.2) is 0 Å². The van der Waals surface area contributed by atoms with Crippen LogP contribution in [0, 0.1) is 0 Å². The highest BCUT2D eigenvalue weighted by Gasteiger charge is 2.08. The number of rotatable bonds is 7. The predicted molar refractivity (Wildman–Crippen MR) is 80.7 cm³/mol. The molecule has 0 aliphatic carbocycles. The molecule has 2 aromatic carbocycles. The minimum atomic E-state index is -0.0110. The maximum absolute atomic E-state index is 9.34. The Balaban J connectivity index is 1.94. The van der Waals surface area contributed by atoms with Gasteiger partial charge in [0.25, 0.3) is 0 Å². The Morgan fingerprint density at radius 1 is 1.05 bits per heavy atom. The first kappa shape index (κ1) is 14.6. The highest BCUT2D eigenvalue weighted by molar-refractivity contribution is 5.29. The molecule has 20 heavy (non-hydrogen) atoms. The average Bonchev–Trinajstić information content (AvgIpc) is 2.52. The lowest BCUT2D eigenvalue weighted by molar-refractivity contribution is 0.246. The van der Waals surface area contributed by atoms with Gasteiger partial charge in [-0.2, -0.15) is 0 Å². The molecule has 0 aliphatic rings. The molecule has 0 heterocycles. The van der Waals surface area contributed by atoms with E-state index in [1.54, 1.807) is 0 Å². The first-order valence-corrected chi connectivity index (χ1v) is 6.94. The molecule has 3 nitrogen and oxygen atoms in total. The van der Waals surface area contributed by atoms with Crippen molar-refractivity contribution >= 4 is 0 Å². The summed E-state index contributed by atoms with van der Waals surface area (Å²) in [6, 6.07) is 17.9. The SMILES string of the molecule is CCNC(CO)c1ccc(OCc2ccccc2)cc1. The topological polar surface area (TPSA) is 41.5 Å². The van der Waals surface area contributed by atoms with Crippen LogP contribution in [-0.4, -0.2) is 18.3 Å². The van der Waals surface area contributed by atoms with Crippen molar-refractivity contribution in [2.75, 3.05) is 13.2 Å². The Kier molecular flexibility index (Phi) is 5.59. The minimum Gasteiger partial charge on any atom is -0.489 e. The molecule has 0 spiro atoms. The largest absolute Gasteiger partial charge is 0.489 e. The van der Waals surface area contributed by atoms with Gasteiger partial charge in [-0.1, -0.05) is 49.4 Å². The van der Waals surface area contributed by atoms with Crippen LogP contribution in [0.3, 0.4) is 0 Å². The third-order valence-corrected chi connectivity index (χ3v) is 3.16. The lowest BCUT2D eigenvalue weighted by Gasteiger charge is -2.16. The van der Waals surface area contributed by atoms with Gasteiger partial charge >= 0.3 is 0 Å². The standard InChI is InChI=1S/C17H21NO2/c1-2-18-17(12-19)15-8-10-16(11-9-15)20-13-14-6-4-3-5-7-14/h3-11,17-19H,2,12-13H2,1H3. The van der Waals surface area contributed by atoms with Gasteiger partial charge in [-0.05, 0) is 29.8 Å². The van der Waals surface area contributed by atoms with Gasteiger partial charge in [-0.3, -0.25) is 0 Å². The molecule has 0 saturated carbocycles. The van der Waals surface area contributed by atoms with E-state index in [-0.39, 0.29) is 12.6 Å². The number of aliphatic hydroxyl groups is 1. The zero-order valence-corrected chi connectivity index (χ0v) is 11.8. The van der Waals surface area contributed by atoms with Crippen molar-refractivity contribution in [2.24, 2.45) is 0 Å². The zero-order valence-electron chi connectivity index (χ0n) is 11.8. The van der Waals surface area contributed by atoms with Crippen molar-refractivity contribution in [1.29, 1.82) is 0 Å². The van der Waals surface area contributed by atoms with Crippen molar-refractivity contribution in [3.63, 3.8) is 0 Å². The number of benzene rings is 2. The molecule has 3 heteroatoms. The Labute approximate surface area is 120 Å². The van der Waals surface area contributed by atoms with E-state index >= 15 is 0 Å². The van der Waals surface area contributed by atoms with Crippen LogP contribution in [-0.2, 0) is 6.61 Å². The van der Waals surface area contributed by atoms with E-state index in [1.165, 1.54) is 0 Å². The molecule has 0 saturated heterocycles. The molecule has 0 aliphatic heterocycles. The summed E-state index contributed by atoms with van der Waals surface area (Å²) in [4.78, 5) is 0. The van der Waals surface area contributed by atoms with E-state index in [0.717, 1.165) is 23.4 Å². The average molecular weight is 271 g/mol. The lowest BCUT2D eigenvalue weighted by Crippen LogP contribution is -2.23. The van der Waals surface area contributed by atoms with Gasteiger partial charge in [0.2, 0.25) is 0 Å². The van der Waals surface area contributed by atoms with Crippen LogP contribution >= 0.6 is 0 Å². The van der Waals surface area contributed by atoms with Crippen molar-refractivity contribution < 1.29 is 9.84 Å². The normalized spacial score (nSPS) is 12.1. The first-order valence-electron chi connectivity index (χ1n) is 6.94. The maximum atomic E-state index is 9.34. The molecule has 1 unspecified atom stereocenters. The quantitative estimate of drug-likeness (QED) is 0.813. The Hall–Kier alpha value is -1.84. The lowest BCUT2D eigenvalue weighted by atomic mass is 10.1. The highest BCUT2D eigenvalue weighted by atomic mass is 16.5. The smallest absolute Gasteiger partial charge is 0.119 e. The maximum Gasteiger partial charge on any atom is 0.119 e. The number of nitrogens with one attached hydrogen (secondary N) is 1. The fourth-order valence-electron chi connectivity index (χ4n) is 2.07. The van der Waals surface area contributed by atoms with Gasteiger partial charge in [0.1, 0.15) is 12.4 Å². The molecule has 1 atom stereocenters. The number of ether oxygens (including phenoxy) is 1. The van der Waals surface area contributed by atoms with Crippen molar-refractivity contribution in [1.82, 2.24) is 5.32 Å². The Morgan fingerprint density at radius 3 is 2.35 bits per heavy atom. The highest BCUT2D eigenvalue weighted by Crippen LogP contribution is 2.18. The Bertz CT molecular complexity index is 496. The summed E-state index contributed by atoms with van der Waals surface area (Å²) in [5.41, 5.74) is 2.22. The summed E-state index contributed by atoms with van der Waals surface area (Å²) in [6.07, 6.45) is 0. The molecule has 0 aromatic heterocycles. The third-order valence-electron chi connectivity index (χ3n) is 3.16. The van der Waals surface area contributed by atoms with Crippen LogP contribution in [0.25, 0.3) is 0 Å². The molecule has 2 N–H and O–H groups in total. The van der Waals surface area contributed by atoms with Crippen LogP contribution in [0.4, 0.5) is 0 Å². The van der Waals surface area contributed by atoms with E-state index in [4.69, 9.17) is 4.74 Å². The fraction of sp³-hybridized carbons (Fsp3) is 0.294. The van der Waals surface area contributed by atoms with E-state index in [2.05, 4.69) is 5.32 Å². The molecular formula is C17H21NO2. The number of hydrogen-bond donors (Lipinski definition) is 2. The van der Waals surface area contributed by atoms with Crippen LogP contribution in [0.15, 0.2) is 54.6 Å². The summed E-state index contributed by atoms with van der Waals surface area (Å²) in [6.45, 7) is 3.52. The van der Waals surface area contributed by atoms with Crippen molar-refractivity contribution in [3.05, 3.63) is 65.7 Å². The molecular weight excluding hydrogens is 250 g/mol. The monoisotopic (exact) mass is 271 g/mol. The second-order valence-corrected chi connectivity index (χ2v) is 4.64. The summed E-state index contributed by atoms with van der Waals surface area (Å²) in [7, 11) is 0. The number of aliphatic hydroxyl groups excluding tert-OH is 1.